The Morgan fingerprint density at radius 2 is 1.87 bits per heavy atom. The molecule has 1 aliphatic heterocycles. The van der Waals surface area contributed by atoms with Gasteiger partial charge in [0.05, 0.1) is 0 Å². The molecule has 0 bridgehead atoms. The van der Waals surface area contributed by atoms with Gasteiger partial charge >= 0.3 is 0 Å². The summed E-state index contributed by atoms with van der Waals surface area (Å²) in [6, 6.07) is 15.6. The number of allylic oxidation sites excluding steroid dienone is 2. The first-order chi connectivity index (χ1) is 11.0. The van der Waals surface area contributed by atoms with E-state index in [0.717, 1.165) is 33.9 Å². The molecule has 23 heavy (non-hydrogen) atoms. The van der Waals surface area contributed by atoms with Gasteiger partial charge in [0.1, 0.15) is 11.5 Å². The van der Waals surface area contributed by atoms with Crippen molar-refractivity contribution in [2.24, 2.45) is 5.73 Å². The molecule has 0 spiro atoms. The van der Waals surface area contributed by atoms with Gasteiger partial charge in [0.15, 0.2) is 0 Å². The van der Waals surface area contributed by atoms with Crippen LogP contribution >= 0.6 is 11.6 Å². The molecule has 1 aliphatic rings. The van der Waals surface area contributed by atoms with Crippen LogP contribution in [0.1, 0.15) is 11.1 Å². The van der Waals surface area contributed by atoms with Crippen LogP contribution in [0.4, 0.5) is 0 Å². The molecule has 0 fully saturated rings. The summed E-state index contributed by atoms with van der Waals surface area (Å²) in [5.41, 5.74) is 10.0. The Hall–Kier alpha value is -2.23. The molecule has 1 heterocycles. The molecule has 0 aromatic heterocycles. The lowest BCUT2D eigenvalue weighted by Gasteiger charge is -2.23. The average molecular weight is 327 g/mol. The Kier molecular flexibility index (Phi) is 4.42. The molecule has 3 nitrogen and oxygen atoms in total. The molecule has 4 heteroatoms. The fourth-order valence-corrected chi connectivity index (χ4v) is 2.77. The SMILES string of the molecule is CN(C)C/C(N)=C1/C=C(c2ccccc2)Oc2ccc(Cl)cc21. The summed E-state index contributed by atoms with van der Waals surface area (Å²) >= 11 is 6.16. The second kappa shape index (κ2) is 6.49. The van der Waals surface area contributed by atoms with Crippen LogP contribution in [0.3, 0.4) is 0 Å². The summed E-state index contributed by atoms with van der Waals surface area (Å²) in [5, 5.41) is 0.666. The fraction of sp³-hybridized carbons (Fsp3) is 0.158. The average Bonchev–Trinajstić information content (AvgIpc) is 2.54. The lowest BCUT2D eigenvalue weighted by atomic mass is 9.97. The molecular weight excluding hydrogens is 308 g/mol. The number of benzene rings is 2. The molecular formula is C19H19ClN2O. The molecule has 0 saturated carbocycles. The van der Waals surface area contributed by atoms with E-state index in [0.29, 0.717) is 11.6 Å². The van der Waals surface area contributed by atoms with E-state index in [9.17, 15) is 0 Å². The summed E-state index contributed by atoms with van der Waals surface area (Å²) in [7, 11) is 3.99. The number of nitrogens with zero attached hydrogens (tertiary/aromatic N) is 1. The highest BCUT2D eigenvalue weighted by molar-refractivity contribution is 6.30. The zero-order valence-electron chi connectivity index (χ0n) is 13.2. The Balaban J connectivity index is 2.14. The van der Waals surface area contributed by atoms with Crippen molar-refractivity contribution in [2.45, 2.75) is 0 Å². The molecule has 2 aromatic rings. The van der Waals surface area contributed by atoms with Crippen molar-refractivity contribution < 1.29 is 4.74 Å². The Morgan fingerprint density at radius 1 is 1.13 bits per heavy atom. The van der Waals surface area contributed by atoms with Gasteiger partial charge in [-0.3, -0.25) is 0 Å². The van der Waals surface area contributed by atoms with Gasteiger partial charge in [-0.25, -0.2) is 0 Å². The standard InChI is InChI=1S/C19H19ClN2O/c1-22(2)12-17(21)15-11-19(13-6-4-3-5-7-13)23-18-9-8-14(20)10-16(15)18/h3-11H,12,21H2,1-2H3/b17-15+. The maximum Gasteiger partial charge on any atom is 0.135 e. The van der Waals surface area contributed by atoms with Gasteiger partial charge in [-0.1, -0.05) is 41.9 Å². The van der Waals surface area contributed by atoms with E-state index < -0.39 is 0 Å². The molecule has 0 radical (unpaired) electrons. The zero-order chi connectivity index (χ0) is 16.4. The second-order valence-corrected chi connectivity index (χ2v) is 6.23. The minimum atomic E-state index is 0.666. The highest BCUT2D eigenvalue weighted by Crippen LogP contribution is 2.39. The second-order valence-electron chi connectivity index (χ2n) is 5.79. The van der Waals surface area contributed by atoms with Gasteiger partial charge in [-0.15, -0.1) is 0 Å². The van der Waals surface area contributed by atoms with Crippen molar-refractivity contribution in [2.75, 3.05) is 20.6 Å². The first kappa shape index (κ1) is 15.7. The maximum atomic E-state index is 6.35. The van der Waals surface area contributed by atoms with Crippen molar-refractivity contribution in [1.29, 1.82) is 0 Å². The molecule has 3 rings (SSSR count). The number of fused-ring (bicyclic) bond motifs is 1. The smallest absolute Gasteiger partial charge is 0.135 e. The molecule has 0 unspecified atom stereocenters. The van der Waals surface area contributed by atoms with Crippen LogP contribution in [-0.2, 0) is 0 Å². The number of hydrogen-bond acceptors (Lipinski definition) is 3. The Morgan fingerprint density at radius 3 is 2.57 bits per heavy atom. The monoisotopic (exact) mass is 326 g/mol. The Labute approximate surface area is 141 Å². The van der Waals surface area contributed by atoms with Gasteiger partial charge in [0, 0.05) is 34.0 Å². The van der Waals surface area contributed by atoms with E-state index in [-0.39, 0.29) is 0 Å². The van der Waals surface area contributed by atoms with Crippen LogP contribution in [0.25, 0.3) is 11.3 Å². The predicted molar refractivity (Wildman–Crippen MR) is 96.2 cm³/mol. The van der Waals surface area contributed by atoms with Crippen molar-refractivity contribution in [3.8, 4) is 5.75 Å². The Bertz CT molecular complexity index is 779. The predicted octanol–water partition coefficient (Wildman–Crippen LogP) is 4.00. The van der Waals surface area contributed by atoms with Crippen LogP contribution in [0.15, 0.2) is 60.3 Å². The molecule has 2 aromatic carbocycles. The van der Waals surface area contributed by atoms with E-state index in [1.165, 1.54) is 0 Å². The van der Waals surface area contributed by atoms with Gasteiger partial charge < -0.3 is 15.4 Å². The third-order valence-electron chi connectivity index (χ3n) is 3.62. The van der Waals surface area contributed by atoms with E-state index >= 15 is 0 Å². The topological polar surface area (TPSA) is 38.5 Å². The van der Waals surface area contributed by atoms with Crippen LogP contribution in [-0.4, -0.2) is 25.5 Å². The summed E-state index contributed by atoms with van der Waals surface area (Å²) in [6.45, 7) is 0.667. The van der Waals surface area contributed by atoms with Crippen LogP contribution < -0.4 is 10.5 Å². The number of halogens is 1. The number of likely N-dealkylation sites (N-methyl/N-ethyl adjacent to an activating group) is 1. The maximum absolute atomic E-state index is 6.35. The highest BCUT2D eigenvalue weighted by atomic mass is 35.5. The molecule has 0 saturated heterocycles. The molecule has 0 aliphatic carbocycles. The number of ether oxygens (including phenoxy) is 1. The quantitative estimate of drug-likeness (QED) is 0.926. The lowest BCUT2D eigenvalue weighted by molar-refractivity contribution is 0.443. The number of rotatable bonds is 3. The minimum absolute atomic E-state index is 0.666. The van der Waals surface area contributed by atoms with Crippen molar-refractivity contribution in [3.63, 3.8) is 0 Å². The summed E-state index contributed by atoms with van der Waals surface area (Å²) in [6.07, 6.45) is 1.99. The van der Waals surface area contributed by atoms with Crippen LogP contribution in [0, 0.1) is 0 Å². The van der Waals surface area contributed by atoms with Crippen molar-refractivity contribution in [3.05, 3.63) is 76.5 Å². The van der Waals surface area contributed by atoms with Gasteiger partial charge in [0.2, 0.25) is 0 Å². The van der Waals surface area contributed by atoms with Crippen molar-refractivity contribution in [1.82, 2.24) is 4.90 Å². The lowest BCUT2D eigenvalue weighted by Crippen LogP contribution is -2.21. The van der Waals surface area contributed by atoms with Crippen LogP contribution in [0.5, 0.6) is 5.75 Å². The third-order valence-corrected chi connectivity index (χ3v) is 3.85. The van der Waals surface area contributed by atoms with Crippen molar-refractivity contribution >= 4 is 22.9 Å². The fourth-order valence-electron chi connectivity index (χ4n) is 2.59. The summed E-state index contributed by atoms with van der Waals surface area (Å²) < 4.78 is 6.06. The normalized spacial score (nSPS) is 15.7. The first-order valence-corrected chi connectivity index (χ1v) is 7.80. The summed E-state index contributed by atoms with van der Waals surface area (Å²) in [5.74, 6) is 1.56. The summed E-state index contributed by atoms with van der Waals surface area (Å²) in [4.78, 5) is 2.04. The third kappa shape index (κ3) is 3.41. The molecule has 0 amide bonds. The largest absolute Gasteiger partial charge is 0.456 e. The van der Waals surface area contributed by atoms with E-state index in [1.54, 1.807) is 0 Å². The molecule has 2 N–H and O–H groups in total. The number of hydrogen-bond donors (Lipinski definition) is 1. The van der Waals surface area contributed by atoms with E-state index in [2.05, 4.69) is 0 Å². The highest BCUT2D eigenvalue weighted by Gasteiger charge is 2.20. The number of nitrogens with two attached hydrogens (primary N) is 1. The minimum Gasteiger partial charge on any atom is -0.456 e. The molecule has 0 atom stereocenters. The van der Waals surface area contributed by atoms with Gasteiger partial charge in [-0.2, -0.15) is 0 Å². The molecule has 118 valence electrons. The van der Waals surface area contributed by atoms with E-state index in [1.807, 2.05) is 73.6 Å². The van der Waals surface area contributed by atoms with Crippen LogP contribution in [0.2, 0.25) is 5.02 Å². The van der Waals surface area contributed by atoms with Gasteiger partial charge in [0.25, 0.3) is 0 Å². The zero-order valence-corrected chi connectivity index (χ0v) is 14.0. The first-order valence-electron chi connectivity index (χ1n) is 7.43. The van der Waals surface area contributed by atoms with E-state index in [4.69, 9.17) is 22.1 Å². The van der Waals surface area contributed by atoms with Gasteiger partial charge in [-0.05, 0) is 38.4 Å².